The van der Waals surface area contributed by atoms with Gasteiger partial charge in [0.05, 0.1) is 26.0 Å². The van der Waals surface area contributed by atoms with Gasteiger partial charge >= 0.3 is 0 Å². The summed E-state index contributed by atoms with van der Waals surface area (Å²) < 4.78 is 10.8. The van der Waals surface area contributed by atoms with Crippen molar-refractivity contribution in [3.63, 3.8) is 0 Å². The van der Waals surface area contributed by atoms with Gasteiger partial charge in [0.25, 0.3) is 0 Å². The highest BCUT2D eigenvalue weighted by molar-refractivity contribution is 5.79. The molecule has 0 aromatic carbocycles. The first-order chi connectivity index (χ1) is 12.3. The maximum atomic E-state index is 5.39. The van der Waals surface area contributed by atoms with Crippen LogP contribution in [0.4, 0.5) is 0 Å². The number of morpholine rings is 1. The van der Waals surface area contributed by atoms with E-state index in [1.807, 2.05) is 18.2 Å². The van der Waals surface area contributed by atoms with Crippen molar-refractivity contribution >= 4 is 5.96 Å². The summed E-state index contributed by atoms with van der Waals surface area (Å²) in [5.74, 6) is 1.96. The van der Waals surface area contributed by atoms with Gasteiger partial charge in [-0.15, -0.1) is 6.58 Å². The SMILES string of the molecule is C=CCCCN(C)C(=NCCN1CCOCC1)NCCc1ccco1. The van der Waals surface area contributed by atoms with Gasteiger partial charge in [0.2, 0.25) is 0 Å². The predicted molar refractivity (Wildman–Crippen MR) is 102 cm³/mol. The van der Waals surface area contributed by atoms with Gasteiger partial charge < -0.3 is 19.4 Å². The van der Waals surface area contributed by atoms with Crippen LogP contribution in [-0.2, 0) is 11.2 Å². The van der Waals surface area contributed by atoms with Crippen LogP contribution in [0.25, 0.3) is 0 Å². The van der Waals surface area contributed by atoms with E-state index in [9.17, 15) is 0 Å². The number of guanidine groups is 1. The number of nitrogens with one attached hydrogen (secondary N) is 1. The summed E-state index contributed by atoms with van der Waals surface area (Å²) in [5.41, 5.74) is 0. The molecule has 0 saturated carbocycles. The number of allylic oxidation sites excluding steroid dienone is 1. The van der Waals surface area contributed by atoms with Crippen molar-refractivity contribution in [3.8, 4) is 0 Å². The van der Waals surface area contributed by atoms with Crippen molar-refractivity contribution < 1.29 is 9.15 Å². The third-order valence-corrected chi connectivity index (χ3v) is 4.28. The quantitative estimate of drug-likeness (QED) is 0.303. The Bertz CT molecular complexity index is 496. The van der Waals surface area contributed by atoms with Crippen LogP contribution in [0.1, 0.15) is 18.6 Å². The molecule has 1 aromatic rings. The van der Waals surface area contributed by atoms with Gasteiger partial charge in [-0.3, -0.25) is 9.89 Å². The molecule has 0 spiro atoms. The molecule has 6 nitrogen and oxygen atoms in total. The number of rotatable bonds is 10. The smallest absolute Gasteiger partial charge is 0.193 e. The Hall–Kier alpha value is -1.79. The van der Waals surface area contributed by atoms with Gasteiger partial charge in [-0.05, 0) is 25.0 Å². The molecule has 2 heterocycles. The Balaban J connectivity index is 1.80. The molecular weight excluding hydrogens is 316 g/mol. The molecule has 1 saturated heterocycles. The van der Waals surface area contributed by atoms with E-state index in [4.69, 9.17) is 14.1 Å². The zero-order chi connectivity index (χ0) is 17.7. The van der Waals surface area contributed by atoms with Crippen LogP contribution >= 0.6 is 0 Å². The van der Waals surface area contributed by atoms with Gasteiger partial charge in [0.1, 0.15) is 5.76 Å². The van der Waals surface area contributed by atoms with Crippen molar-refractivity contribution in [1.82, 2.24) is 15.1 Å². The lowest BCUT2D eigenvalue weighted by molar-refractivity contribution is 0.0394. The van der Waals surface area contributed by atoms with Gasteiger partial charge in [0.15, 0.2) is 5.96 Å². The number of ether oxygens (including phenoxy) is 1. The van der Waals surface area contributed by atoms with Gasteiger partial charge in [-0.25, -0.2) is 0 Å². The lowest BCUT2D eigenvalue weighted by atomic mass is 10.3. The fourth-order valence-electron chi connectivity index (χ4n) is 2.76. The molecule has 0 bridgehead atoms. The number of furan rings is 1. The summed E-state index contributed by atoms with van der Waals surface area (Å²) in [4.78, 5) is 9.42. The highest BCUT2D eigenvalue weighted by Crippen LogP contribution is 2.01. The van der Waals surface area contributed by atoms with Crippen molar-refractivity contribution in [2.75, 3.05) is 59.5 Å². The Labute approximate surface area is 151 Å². The first kappa shape index (κ1) is 19.5. The largest absolute Gasteiger partial charge is 0.469 e. The number of hydrogen-bond acceptors (Lipinski definition) is 4. The van der Waals surface area contributed by atoms with Crippen LogP contribution in [0.3, 0.4) is 0 Å². The standard InChI is InChI=1S/C19H32N4O2/c1-3-4-5-11-22(2)19(20-9-8-18-7-6-15-25-18)21-10-12-23-13-16-24-17-14-23/h3,6-7,15H,1,4-5,8-14,16-17H2,2H3,(H,20,21). The monoisotopic (exact) mass is 348 g/mol. The molecule has 1 aliphatic rings. The summed E-state index contributed by atoms with van der Waals surface area (Å²) >= 11 is 0. The summed E-state index contributed by atoms with van der Waals surface area (Å²) in [7, 11) is 2.09. The van der Waals surface area contributed by atoms with Crippen molar-refractivity contribution in [2.45, 2.75) is 19.3 Å². The molecule has 6 heteroatoms. The third kappa shape index (κ3) is 7.75. The molecule has 25 heavy (non-hydrogen) atoms. The van der Waals surface area contributed by atoms with Gasteiger partial charge in [-0.1, -0.05) is 6.08 Å². The number of aliphatic imine (C=N–C) groups is 1. The average Bonchev–Trinajstić information content (AvgIpc) is 3.15. The molecule has 1 fully saturated rings. The Morgan fingerprint density at radius 1 is 1.44 bits per heavy atom. The van der Waals surface area contributed by atoms with E-state index in [2.05, 4.69) is 28.7 Å². The molecule has 0 unspecified atom stereocenters. The molecule has 1 aromatic heterocycles. The maximum absolute atomic E-state index is 5.39. The zero-order valence-electron chi connectivity index (χ0n) is 15.5. The highest BCUT2D eigenvalue weighted by Gasteiger charge is 2.10. The number of nitrogens with zero attached hydrogens (tertiary/aromatic N) is 3. The van der Waals surface area contributed by atoms with Crippen LogP contribution < -0.4 is 5.32 Å². The van der Waals surface area contributed by atoms with Crippen LogP contribution in [-0.4, -0.2) is 75.3 Å². The van der Waals surface area contributed by atoms with E-state index < -0.39 is 0 Å². The molecule has 0 atom stereocenters. The van der Waals surface area contributed by atoms with Crippen LogP contribution in [0.5, 0.6) is 0 Å². The van der Waals surface area contributed by atoms with E-state index in [1.165, 1.54) is 0 Å². The lowest BCUT2D eigenvalue weighted by Crippen LogP contribution is -2.42. The molecule has 0 amide bonds. The maximum Gasteiger partial charge on any atom is 0.193 e. The van der Waals surface area contributed by atoms with E-state index in [0.717, 1.165) is 83.5 Å². The minimum Gasteiger partial charge on any atom is -0.469 e. The fraction of sp³-hybridized carbons (Fsp3) is 0.632. The third-order valence-electron chi connectivity index (χ3n) is 4.28. The minimum atomic E-state index is 0.800. The molecule has 0 radical (unpaired) electrons. The summed E-state index contributed by atoms with van der Waals surface area (Å²) in [6, 6.07) is 3.93. The van der Waals surface area contributed by atoms with E-state index in [-0.39, 0.29) is 0 Å². The predicted octanol–water partition coefficient (Wildman–Crippen LogP) is 2.00. The second-order valence-corrected chi connectivity index (χ2v) is 6.27. The first-order valence-corrected chi connectivity index (χ1v) is 9.22. The second-order valence-electron chi connectivity index (χ2n) is 6.27. The molecular formula is C19H32N4O2. The summed E-state index contributed by atoms with van der Waals surface area (Å²) in [6.45, 7) is 11.0. The van der Waals surface area contributed by atoms with Crippen LogP contribution in [0, 0.1) is 0 Å². The van der Waals surface area contributed by atoms with Crippen LogP contribution in [0.2, 0.25) is 0 Å². The van der Waals surface area contributed by atoms with Crippen LogP contribution in [0.15, 0.2) is 40.5 Å². The van der Waals surface area contributed by atoms with Crippen molar-refractivity contribution in [3.05, 3.63) is 36.8 Å². The summed E-state index contributed by atoms with van der Waals surface area (Å²) in [5, 5.41) is 3.47. The van der Waals surface area contributed by atoms with Crippen molar-refractivity contribution in [1.29, 1.82) is 0 Å². The highest BCUT2D eigenvalue weighted by atomic mass is 16.5. The van der Waals surface area contributed by atoms with Crippen molar-refractivity contribution in [2.24, 2.45) is 4.99 Å². The van der Waals surface area contributed by atoms with E-state index in [1.54, 1.807) is 6.26 Å². The molecule has 140 valence electrons. The van der Waals surface area contributed by atoms with Gasteiger partial charge in [-0.2, -0.15) is 0 Å². The molecule has 1 aliphatic heterocycles. The Morgan fingerprint density at radius 2 is 2.28 bits per heavy atom. The number of hydrogen-bond donors (Lipinski definition) is 1. The first-order valence-electron chi connectivity index (χ1n) is 9.22. The molecule has 0 aliphatic carbocycles. The summed E-state index contributed by atoms with van der Waals surface area (Å²) in [6.07, 6.45) is 6.65. The molecule has 1 N–H and O–H groups in total. The normalized spacial score (nSPS) is 16.0. The fourth-order valence-corrected chi connectivity index (χ4v) is 2.76. The Morgan fingerprint density at radius 3 is 3.00 bits per heavy atom. The molecule has 2 rings (SSSR count). The topological polar surface area (TPSA) is 53.2 Å². The number of unbranched alkanes of at least 4 members (excludes halogenated alkanes) is 1. The zero-order valence-corrected chi connectivity index (χ0v) is 15.5. The second kappa shape index (κ2) is 11.7. The average molecular weight is 348 g/mol. The minimum absolute atomic E-state index is 0.800. The van der Waals surface area contributed by atoms with E-state index >= 15 is 0 Å². The Kier molecular flexibility index (Phi) is 9.15. The van der Waals surface area contributed by atoms with Gasteiger partial charge in [0, 0.05) is 46.2 Å². The van der Waals surface area contributed by atoms with E-state index in [0.29, 0.717) is 0 Å². The lowest BCUT2D eigenvalue weighted by Gasteiger charge is -2.26.